The Morgan fingerprint density at radius 3 is 2.66 bits per heavy atom. The van der Waals surface area contributed by atoms with E-state index in [0.717, 1.165) is 47.8 Å². The van der Waals surface area contributed by atoms with Crippen LogP contribution in [-0.2, 0) is 12.8 Å². The van der Waals surface area contributed by atoms with Gasteiger partial charge in [-0.2, -0.15) is 0 Å². The number of hydrogen-bond donors (Lipinski definition) is 0. The van der Waals surface area contributed by atoms with Crippen molar-refractivity contribution in [2.75, 3.05) is 13.7 Å². The van der Waals surface area contributed by atoms with Crippen LogP contribution in [0, 0.1) is 0 Å². The minimum atomic E-state index is 0.733. The van der Waals surface area contributed by atoms with Crippen LogP contribution >= 0.6 is 0 Å². The monoisotopic (exact) mass is 387 g/mol. The van der Waals surface area contributed by atoms with Gasteiger partial charge >= 0.3 is 0 Å². The molecule has 150 valence electrons. The molecule has 0 amide bonds. The van der Waals surface area contributed by atoms with Gasteiger partial charge in [-0.05, 0) is 49.1 Å². The Balaban J connectivity index is 1.76. The van der Waals surface area contributed by atoms with Crippen LogP contribution in [0.15, 0.2) is 65.7 Å². The second-order valence-corrected chi connectivity index (χ2v) is 7.19. The second-order valence-electron chi connectivity index (χ2n) is 7.19. The fourth-order valence-corrected chi connectivity index (χ4v) is 3.62. The topological polar surface area (TPSA) is 30.8 Å². The highest BCUT2D eigenvalue weighted by Crippen LogP contribution is 2.32. The first-order valence-electron chi connectivity index (χ1n) is 10.0. The van der Waals surface area contributed by atoms with Crippen molar-refractivity contribution in [1.82, 2.24) is 0 Å². The predicted octanol–water partition coefficient (Wildman–Crippen LogP) is 6.28. The molecule has 0 atom stereocenters. The maximum Gasteiger partial charge on any atom is 0.123 e. The van der Waals surface area contributed by atoms with E-state index in [9.17, 15) is 0 Å². The van der Waals surface area contributed by atoms with Crippen molar-refractivity contribution < 1.29 is 9.47 Å². The molecule has 3 heteroatoms. The van der Waals surface area contributed by atoms with Gasteiger partial charge in [0, 0.05) is 29.3 Å². The molecular formula is C26H29NO2. The Morgan fingerprint density at radius 2 is 1.90 bits per heavy atom. The van der Waals surface area contributed by atoms with Crippen LogP contribution in [0.2, 0.25) is 0 Å². The minimum Gasteiger partial charge on any atom is -0.496 e. The van der Waals surface area contributed by atoms with Crippen LogP contribution in [0.3, 0.4) is 0 Å². The molecule has 0 aromatic heterocycles. The standard InChI is InChI=1S/C26H29NO2/c1-6-21-22(9-7-11-25(21)28-5)19(3)14-13-18(2)17-27-20(4)23-10-8-12-26-24(23)15-16-29-26/h7-14,17H,4,6,15-16H2,1-3,5H3/b18-13+,19-14+,27-17?. The summed E-state index contributed by atoms with van der Waals surface area (Å²) in [4.78, 5) is 4.59. The Morgan fingerprint density at radius 1 is 1.14 bits per heavy atom. The number of ether oxygens (including phenoxy) is 2. The number of nitrogens with zero attached hydrogens (tertiary/aromatic N) is 1. The number of benzene rings is 2. The molecule has 1 aliphatic rings. The third kappa shape index (κ3) is 4.68. The van der Waals surface area contributed by atoms with Crippen LogP contribution < -0.4 is 9.47 Å². The molecule has 0 saturated carbocycles. The van der Waals surface area contributed by atoms with Crippen LogP contribution in [0.4, 0.5) is 0 Å². The van der Waals surface area contributed by atoms with Crippen molar-refractivity contribution in [3.63, 3.8) is 0 Å². The molecule has 1 aliphatic heterocycles. The van der Waals surface area contributed by atoms with E-state index < -0.39 is 0 Å². The SMILES string of the molecule is C=C(N=C/C(C)=C/C=C(\C)c1cccc(OC)c1CC)c1cccc2c1CCO2. The van der Waals surface area contributed by atoms with E-state index in [0.29, 0.717) is 0 Å². The van der Waals surface area contributed by atoms with E-state index in [-0.39, 0.29) is 0 Å². The molecule has 2 aromatic rings. The Hall–Kier alpha value is -3.07. The molecule has 29 heavy (non-hydrogen) atoms. The van der Waals surface area contributed by atoms with Crippen molar-refractivity contribution in [2.45, 2.75) is 33.6 Å². The summed E-state index contributed by atoms with van der Waals surface area (Å²) in [6.45, 7) is 11.2. The summed E-state index contributed by atoms with van der Waals surface area (Å²) in [7, 11) is 1.72. The Kier molecular flexibility index (Phi) is 6.71. The van der Waals surface area contributed by atoms with Crippen LogP contribution in [-0.4, -0.2) is 19.9 Å². The summed E-state index contributed by atoms with van der Waals surface area (Å²) < 4.78 is 11.1. The number of aliphatic imine (C=N–C) groups is 1. The first-order valence-corrected chi connectivity index (χ1v) is 10.0. The number of methoxy groups -OCH3 is 1. The second kappa shape index (κ2) is 9.42. The lowest BCUT2D eigenvalue weighted by Gasteiger charge is -2.12. The van der Waals surface area contributed by atoms with Crippen molar-refractivity contribution in [3.8, 4) is 11.5 Å². The fourth-order valence-electron chi connectivity index (χ4n) is 3.62. The molecule has 0 aliphatic carbocycles. The molecule has 0 unspecified atom stereocenters. The summed E-state index contributed by atoms with van der Waals surface area (Å²) in [6.07, 6.45) is 7.93. The average molecular weight is 388 g/mol. The molecule has 0 N–H and O–H groups in total. The fraction of sp³-hybridized carbons (Fsp3) is 0.269. The zero-order chi connectivity index (χ0) is 20.8. The summed E-state index contributed by atoms with van der Waals surface area (Å²) >= 11 is 0. The van der Waals surface area contributed by atoms with E-state index in [4.69, 9.17) is 9.47 Å². The number of fused-ring (bicyclic) bond motifs is 1. The van der Waals surface area contributed by atoms with Gasteiger partial charge in [-0.3, -0.25) is 4.99 Å². The first-order chi connectivity index (χ1) is 14.0. The third-order valence-electron chi connectivity index (χ3n) is 5.21. The highest BCUT2D eigenvalue weighted by Gasteiger charge is 2.16. The minimum absolute atomic E-state index is 0.733. The summed E-state index contributed by atoms with van der Waals surface area (Å²) in [6, 6.07) is 12.3. The maximum absolute atomic E-state index is 5.64. The Labute approximate surface area is 174 Å². The average Bonchev–Trinajstić information content (AvgIpc) is 3.23. The van der Waals surface area contributed by atoms with Gasteiger partial charge in [-0.25, -0.2) is 0 Å². The molecule has 3 rings (SSSR count). The van der Waals surface area contributed by atoms with E-state index in [2.05, 4.69) is 49.7 Å². The molecule has 0 radical (unpaired) electrons. The van der Waals surface area contributed by atoms with Gasteiger partial charge in [0.2, 0.25) is 0 Å². The zero-order valence-electron chi connectivity index (χ0n) is 17.8. The highest BCUT2D eigenvalue weighted by molar-refractivity contribution is 5.85. The largest absolute Gasteiger partial charge is 0.496 e. The lowest BCUT2D eigenvalue weighted by Crippen LogP contribution is -1.95. The van der Waals surface area contributed by atoms with Crippen LogP contribution in [0.1, 0.15) is 43.0 Å². The van der Waals surface area contributed by atoms with Gasteiger partial charge in [0.05, 0.1) is 19.4 Å². The lowest BCUT2D eigenvalue weighted by molar-refractivity contribution is 0.357. The van der Waals surface area contributed by atoms with Crippen molar-refractivity contribution >= 4 is 17.5 Å². The predicted molar refractivity (Wildman–Crippen MR) is 123 cm³/mol. The maximum atomic E-state index is 5.64. The van der Waals surface area contributed by atoms with Crippen molar-refractivity contribution in [2.24, 2.45) is 4.99 Å². The van der Waals surface area contributed by atoms with E-state index >= 15 is 0 Å². The van der Waals surface area contributed by atoms with Gasteiger partial charge in [0.25, 0.3) is 0 Å². The number of rotatable bonds is 7. The van der Waals surface area contributed by atoms with Gasteiger partial charge < -0.3 is 9.47 Å². The third-order valence-corrected chi connectivity index (χ3v) is 5.21. The highest BCUT2D eigenvalue weighted by atomic mass is 16.5. The summed E-state index contributed by atoms with van der Waals surface area (Å²) in [5.74, 6) is 1.89. The smallest absolute Gasteiger partial charge is 0.123 e. The van der Waals surface area contributed by atoms with Crippen molar-refractivity contribution in [1.29, 1.82) is 0 Å². The Bertz CT molecular complexity index is 996. The summed E-state index contributed by atoms with van der Waals surface area (Å²) in [5, 5.41) is 0. The number of hydrogen-bond acceptors (Lipinski definition) is 3. The molecule has 0 bridgehead atoms. The first kappa shape index (κ1) is 20.7. The van der Waals surface area contributed by atoms with E-state index in [1.807, 2.05) is 37.4 Å². The van der Waals surface area contributed by atoms with E-state index in [1.54, 1.807) is 7.11 Å². The van der Waals surface area contributed by atoms with Crippen LogP contribution in [0.25, 0.3) is 11.3 Å². The molecule has 0 spiro atoms. The van der Waals surface area contributed by atoms with Crippen LogP contribution in [0.5, 0.6) is 11.5 Å². The zero-order valence-corrected chi connectivity index (χ0v) is 17.8. The van der Waals surface area contributed by atoms with Gasteiger partial charge in [-0.1, -0.05) is 49.9 Å². The van der Waals surface area contributed by atoms with E-state index in [1.165, 1.54) is 22.3 Å². The molecule has 1 heterocycles. The van der Waals surface area contributed by atoms with Gasteiger partial charge in [0.15, 0.2) is 0 Å². The van der Waals surface area contributed by atoms with Gasteiger partial charge in [0.1, 0.15) is 11.5 Å². The molecule has 2 aromatic carbocycles. The van der Waals surface area contributed by atoms with Crippen molar-refractivity contribution in [3.05, 3.63) is 83.0 Å². The molecular weight excluding hydrogens is 358 g/mol. The quantitative estimate of drug-likeness (QED) is 0.413. The summed E-state index contributed by atoms with van der Waals surface area (Å²) in [5.41, 5.74) is 7.76. The van der Waals surface area contributed by atoms with Gasteiger partial charge in [-0.15, -0.1) is 0 Å². The molecule has 3 nitrogen and oxygen atoms in total. The lowest BCUT2D eigenvalue weighted by atomic mass is 9.97. The molecule has 0 saturated heterocycles. The normalized spacial score (nSPS) is 14.1. The molecule has 0 fully saturated rings. The number of allylic oxidation sites excluding steroid dienone is 4.